The molecule has 0 aromatic rings. The minimum absolute atomic E-state index is 0.0373. The molecule has 0 aromatic heterocycles. The van der Waals surface area contributed by atoms with Crippen molar-refractivity contribution in [2.24, 2.45) is 5.92 Å². The Kier molecular flexibility index (Phi) is 58.6. The topological polar surface area (TPSA) is 116 Å². The predicted octanol–water partition coefficient (Wildman–Crippen LogP) is 21.5. The van der Waals surface area contributed by atoms with Crippen LogP contribution in [0.4, 0.5) is 0 Å². The first-order valence-corrected chi connectivity index (χ1v) is 34.5. The summed E-state index contributed by atoms with van der Waals surface area (Å²) in [6.07, 6.45) is 66.7. The number of ketones is 1. The standard InChI is InChI=1S/C69H132O8/c1-5-9-12-15-18-21-24-27-30-33-36-39-42-45-48-51-54-57-60-75-65(71)63-69(74,68(73)77-62-59-56-53-50-47-44-41-38-35-32-29-26-23-20-17-14-11-7-3)66(64(70)8-4)67(72)76-61-58-55-52-49-46-43-40-37-34-31-28-25-22-19-16-13-10-6-2/h66,74H,5-63H2,1-4H3. The van der Waals surface area contributed by atoms with Gasteiger partial charge in [0.25, 0.3) is 0 Å². The molecule has 0 fully saturated rings. The van der Waals surface area contributed by atoms with Crippen LogP contribution >= 0.6 is 0 Å². The van der Waals surface area contributed by atoms with E-state index in [2.05, 4.69) is 20.8 Å². The Bertz CT molecular complexity index is 1270. The second-order valence-corrected chi connectivity index (χ2v) is 23.9. The lowest BCUT2D eigenvalue weighted by Crippen LogP contribution is -2.55. The molecule has 0 spiro atoms. The van der Waals surface area contributed by atoms with Gasteiger partial charge >= 0.3 is 17.9 Å². The van der Waals surface area contributed by atoms with Gasteiger partial charge in [-0.25, -0.2) is 4.79 Å². The number of hydrogen-bond donors (Lipinski definition) is 1. The van der Waals surface area contributed by atoms with Crippen molar-refractivity contribution in [3.05, 3.63) is 0 Å². The van der Waals surface area contributed by atoms with Gasteiger partial charge in [-0.15, -0.1) is 0 Å². The summed E-state index contributed by atoms with van der Waals surface area (Å²) < 4.78 is 16.7. The lowest BCUT2D eigenvalue weighted by Gasteiger charge is -2.31. The Balaban J connectivity index is 4.81. The van der Waals surface area contributed by atoms with Gasteiger partial charge in [0.2, 0.25) is 0 Å². The van der Waals surface area contributed by atoms with E-state index in [0.29, 0.717) is 19.3 Å². The number of rotatable bonds is 64. The van der Waals surface area contributed by atoms with Crippen molar-refractivity contribution in [3.8, 4) is 0 Å². The molecular formula is C69H132O8. The van der Waals surface area contributed by atoms with Crippen molar-refractivity contribution in [3.63, 3.8) is 0 Å². The molecular weight excluding hydrogens is 957 g/mol. The Morgan fingerprint density at radius 3 is 0.740 bits per heavy atom. The van der Waals surface area contributed by atoms with E-state index in [1.165, 1.54) is 270 Å². The highest BCUT2D eigenvalue weighted by molar-refractivity contribution is 6.06. The van der Waals surface area contributed by atoms with Gasteiger partial charge in [-0.05, 0) is 19.3 Å². The maximum Gasteiger partial charge on any atom is 0.340 e. The van der Waals surface area contributed by atoms with Crippen molar-refractivity contribution in [2.75, 3.05) is 19.8 Å². The van der Waals surface area contributed by atoms with Crippen LogP contribution in [-0.4, -0.2) is 54.2 Å². The van der Waals surface area contributed by atoms with Gasteiger partial charge in [-0.2, -0.15) is 0 Å². The summed E-state index contributed by atoms with van der Waals surface area (Å²) in [6, 6.07) is 0. The summed E-state index contributed by atoms with van der Waals surface area (Å²) in [5.74, 6) is -5.46. The molecule has 0 aromatic carbocycles. The lowest BCUT2D eigenvalue weighted by molar-refractivity contribution is -0.188. The minimum atomic E-state index is -2.71. The van der Waals surface area contributed by atoms with Gasteiger partial charge in [0.15, 0.2) is 11.5 Å². The van der Waals surface area contributed by atoms with E-state index in [-0.39, 0.29) is 26.2 Å². The highest BCUT2D eigenvalue weighted by Gasteiger charge is 2.55. The van der Waals surface area contributed by atoms with Crippen molar-refractivity contribution >= 4 is 23.7 Å². The molecule has 8 nitrogen and oxygen atoms in total. The number of aliphatic hydroxyl groups is 1. The van der Waals surface area contributed by atoms with Crippen LogP contribution in [0, 0.1) is 5.92 Å². The van der Waals surface area contributed by atoms with Crippen molar-refractivity contribution in [1.29, 1.82) is 0 Å². The Morgan fingerprint density at radius 1 is 0.299 bits per heavy atom. The van der Waals surface area contributed by atoms with Crippen LogP contribution in [0.2, 0.25) is 0 Å². The Labute approximate surface area is 478 Å². The molecule has 456 valence electrons. The van der Waals surface area contributed by atoms with Crippen molar-refractivity contribution in [2.45, 2.75) is 393 Å². The number of hydrogen-bond acceptors (Lipinski definition) is 8. The van der Waals surface area contributed by atoms with Crippen LogP contribution in [0.3, 0.4) is 0 Å². The van der Waals surface area contributed by atoms with Gasteiger partial charge in [0.1, 0.15) is 5.78 Å². The molecule has 2 atom stereocenters. The number of carbonyl (C=O) groups is 4. The van der Waals surface area contributed by atoms with Gasteiger partial charge in [-0.3, -0.25) is 14.4 Å². The quantitative estimate of drug-likeness (QED) is 0.0277. The van der Waals surface area contributed by atoms with Crippen LogP contribution in [-0.2, 0) is 33.4 Å². The second kappa shape index (κ2) is 60.1. The van der Waals surface area contributed by atoms with Crippen LogP contribution < -0.4 is 0 Å². The molecule has 77 heavy (non-hydrogen) atoms. The van der Waals surface area contributed by atoms with Gasteiger partial charge in [0, 0.05) is 6.42 Å². The molecule has 1 N–H and O–H groups in total. The molecule has 0 bridgehead atoms. The van der Waals surface area contributed by atoms with Crippen molar-refractivity contribution < 1.29 is 38.5 Å². The molecule has 0 amide bonds. The summed E-state index contributed by atoms with van der Waals surface area (Å²) in [4.78, 5) is 54.3. The number of esters is 3. The van der Waals surface area contributed by atoms with E-state index < -0.39 is 41.6 Å². The van der Waals surface area contributed by atoms with E-state index in [0.717, 1.165) is 57.8 Å². The van der Waals surface area contributed by atoms with Crippen LogP contribution in [0.5, 0.6) is 0 Å². The zero-order chi connectivity index (χ0) is 56.2. The maximum atomic E-state index is 13.8. The van der Waals surface area contributed by atoms with E-state index in [1.807, 2.05) is 0 Å². The average Bonchev–Trinajstić information content (AvgIpc) is 3.42. The highest BCUT2D eigenvalue weighted by atomic mass is 16.6. The summed E-state index contributed by atoms with van der Waals surface area (Å²) in [6.45, 7) is 8.68. The van der Waals surface area contributed by atoms with Gasteiger partial charge < -0.3 is 19.3 Å². The van der Waals surface area contributed by atoms with E-state index in [4.69, 9.17) is 14.2 Å². The molecule has 0 aliphatic carbocycles. The number of unbranched alkanes of at least 4 members (excludes halogenated alkanes) is 51. The smallest absolute Gasteiger partial charge is 0.340 e. The summed E-state index contributed by atoms with van der Waals surface area (Å²) in [5, 5.41) is 12.1. The van der Waals surface area contributed by atoms with Crippen LogP contribution in [0.25, 0.3) is 0 Å². The fourth-order valence-electron chi connectivity index (χ4n) is 11.1. The first kappa shape index (κ1) is 75.0. The molecule has 0 saturated carbocycles. The van der Waals surface area contributed by atoms with Crippen LogP contribution in [0.15, 0.2) is 0 Å². The Hall–Kier alpha value is -1.96. The molecule has 0 aliphatic heterocycles. The van der Waals surface area contributed by atoms with Crippen molar-refractivity contribution in [1.82, 2.24) is 0 Å². The van der Waals surface area contributed by atoms with Crippen LogP contribution in [0.1, 0.15) is 387 Å². The average molecular weight is 1090 g/mol. The summed E-state index contributed by atoms with van der Waals surface area (Å²) in [5.41, 5.74) is -2.71. The predicted molar refractivity (Wildman–Crippen MR) is 328 cm³/mol. The fourth-order valence-corrected chi connectivity index (χ4v) is 11.1. The van der Waals surface area contributed by atoms with Gasteiger partial charge in [0.05, 0.1) is 26.2 Å². The number of carbonyl (C=O) groups excluding carboxylic acids is 4. The molecule has 8 heteroatoms. The minimum Gasteiger partial charge on any atom is -0.466 e. The largest absolute Gasteiger partial charge is 0.466 e. The third-order valence-corrected chi connectivity index (χ3v) is 16.4. The first-order valence-electron chi connectivity index (χ1n) is 34.5. The molecule has 0 radical (unpaired) electrons. The maximum absolute atomic E-state index is 13.8. The van der Waals surface area contributed by atoms with E-state index in [9.17, 15) is 24.3 Å². The second-order valence-electron chi connectivity index (χ2n) is 23.9. The molecule has 0 heterocycles. The van der Waals surface area contributed by atoms with Gasteiger partial charge in [-0.1, -0.05) is 355 Å². The third-order valence-electron chi connectivity index (χ3n) is 16.4. The lowest BCUT2D eigenvalue weighted by atomic mass is 9.80. The first-order chi connectivity index (χ1) is 37.8. The fraction of sp³-hybridized carbons (Fsp3) is 0.942. The molecule has 0 aliphatic rings. The summed E-state index contributed by atoms with van der Waals surface area (Å²) in [7, 11) is 0. The number of ether oxygens (including phenoxy) is 3. The zero-order valence-electron chi connectivity index (χ0n) is 52.1. The zero-order valence-corrected chi connectivity index (χ0v) is 52.1. The summed E-state index contributed by atoms with van der Waals surface area (Å²) >= 11 is 0. The van der Waals surface area contributed by atoms with E-state index in [1.54, 1.807) is 6.92 Å². The van der Waals surface area contributed by atoms with E-state index >= 15 is 0 Å². The third kappa shape index (κ3) is 49.6. The number of Topliss-reactive ketones (excluding diaryl/α,β-unsaturated/α-hetero) is 1. The normalized spacial score (nSPS) is 12.7. The SMILES string of the molecule is CCCCCCCCCCCCCCCCCCCCOC(=O)CC(O)(C(=O)OCCCCCCCCCCCCCCCCCCCC)C(C(=O)CC)C(=O)OCCCCCCCCCCCCCCCCCCCC. The molecule has 2 unspecified atom stereocenters. The monoisotopic (exact) mass is 1090 g/mol. The Morgan fingerprint density at radius 2 is 0.506 bits per heavy atom. The highest BCUT2D eigenvalue weighted by Crippen LogP contribution is 2.29. The molecule has 0 saturated heterocycles. The molecule has 0 rings (SSSR count).